The second-order valence-electron chi connectivity index (χ2n) is 7.19. The summed E-state index contributed by atoms with van der Waals surface area (Å²) >= 11 is 0. The smallest absolute Gasteiger partial charge is 0.368 e. The molecule has 2 aromatic heterocycles. The molecule has 6 nitrogen and oxygen atoms in total. The van der Waals surface area contributed by atoms with Gasteiger partial charge in [0.25, 0.3) is 0 Å². The van der Waals surface area contributed by atoms with Gasteiger partial charge in [-0.25, -0.2) is 4.98 Å². The molecule has 2 saturated carbocycles. The van der Waals surface area contributed by atoms with Crippen LogP contribution in [0.1, 0.15) is 32.4 Å². The first kappa shape index (κ1) is 17.0. The molecule has 0 spiro atoms. The molecule has 0 bridgehead atoms. The molecular weight excluding hydrogens is 345 g/mol. The molecule has 26 heavy (non-hydrogen) atoms. The minimum Gasteiger partial charge on any atom is -0.368 e. The molecular formula is C17H19F3N6. The summed E-state index contributed by atoms with van der Waals surface area (Å²) in [5.74, 6) is 1.54. The Hall–Kier alpha value is -2.45. The first-order valence-corrected chi connectivity index (χ1v) is 8.58. The van der Waals surface area contributed by atoms with Crippen molar-refractivity contribution in [3.63, 3.8) is 0 Å². The molecule has 0 aromatic carbocycles. The highest BCUT2D eigenvalue weighted by Gasteiger charge is 2.49. The van der Waals surface area contributed by atoms with E-state index in [1.165, 1.54) is 12.1 Å². The first-order chi connectivity index (χ1) is 12.2. The molecule has 2 fully saturated rings. The summed E-state index contributed by atoms with van der Waals surface area (Å²) in [6.45, 7) is 4.31. The van der Waals surface area contributed by atoms with Crippen LogP contribution in [0.15, 0.2) is 18.2 Å². The number of nitrogens with zero attached hydrogens (tertiary/aromatic N) is 5. The van der Waals surface area contributed by atoms with Crippen molar-refractivity contribution < 1.29 is 13.2 Å². The normalized spacial score (nSPS) is 27.3. The molecule has 4 atom stereocenters. The van der Waals surface area contributed by atoms with E-state index in [2.05, 4.69) is 38.7 Å². The zero-order valence-electron chi connectivity index (χ0n) is 14.4. The van der Waals surface area contributed by atoms with Gasteiger partial charge in [0.05, 0.1) is 0 Å². The zero-order valence-corrected chi connectivity index (χ0v) is 14.4. The van der Waals surface area contributed by atoms with Crippen LogP contribution in [0.4, 0.5) is 25.1 Å². The Labute approximate surface area is 148 Å². The lowest BCUT2D eigenvalue weighted by atomic mass is 10.3. The predicted octanol–water partition coefficient (Wildman–Crippen LogP) is 3.16. The Morgan fingerprint density at radius 2 is 1.62 bits per heavy atom. The Morgan fingerprint density at radius 1 is 1.00 bits per heavy atom. The minimum atomic E-state index is -4.53. The molecule has 2 aromatic rings. The molecule has 2 heterocycles. The van der Waals surface area contributed by atoms with E-state index in [4.69, 9.17) is 5.73 Å². The van der Waals surface area contributed by atoms with E-state index >= 15 is 0 Å². The number of hydrogen-bond donors (Lipinski definition) is 1. The van der Waals surface area contributed by atoms with Gasteiger partial charge in [0.1, 0.15) is 11.4 Å². The molecule has 9 heteroatoms. The van der Waals surface area contributed by atoms with Crippen molar-refractivity contribution in [2.75, 3.05) is 10.6 Å². The Balaban J connectivity index is 1.73. The summed E-state index contributed by atoms with van der Waals surface area (Å²) in [5, 5.41) is 0. The fourth-order valence-electron chi connectivity index (χ4n) is 3.25. The van der Waals surface area contributed by atoms with Crippen molar-refractivity contribution in [2.45, 2.75) is 44.9 Å². The number of halogens is 3. The largest absolute Gasteiger partial charge is 0.433 e. The molecule has 0 radical (unpaired) electrons. The van der Waals surface area contributed by atoms with Crippen molar-refractivity contribution >= 4 is 11.9 Å². The van der Waals surface area contributed by atoms with Gasteiger partial charge in [0.2, 0.25) is 11.9 Å². The van der Waals surface area contributed by atoms with E-state index in [9.17, 15) is 13.2 Å². The lowest BCUT2D eigenvalue weighted by molar-refractivity contribution is -0.141. The summed E-state index contributed by atoms with van der Waals surface area (Å²) < 4.78 is 38.8. The number of pyridine rings is 1. The number of hydrogen-bond acceptors (Lipinski definition) is 6. The van der Waals surface area contributed by atoms with E-state index in [1.54, 1.807) is 0 Å². The fraction of sp³-hybridized carbons (Fsp3) is 0.529. The Morgan fingerprint density at radius 3 is 2.15 bits per heavy atom. The van der Waals surface area contributed by atoms with E-state index < -0.39 is 11.9 Å². The standard InChI is InChI=1S/C17H19F3N6/c1-8-6-11(8)26(12-7-9(12)2)16-24-14(23-15(21)25-16)10-4-3-5-13(22-10)17(18,19)20/h3-5,8-9,11-12H,6-7H2,1-2H3,(H2,21,23,24,25). The highest BCUT2D eigenvalue weighted by molar-refractivity contribution is 5.55. The van der Waals surface area contributed by atoms with Crippen molar-refractivity contribution in [1.82, 2.24) is 19.9 Å². The Bertz CT molecular complexity index is 823. The maximum Gasteiger partial charge on any atom is 0.433 e. The quantitative estimate of drug-likeness (QED) is 0.898. The lowest BCUT2D eigenvalue weighted by Crippen LogP contribution is -2.32. The number of nitrogens with two attached hydrogens (primary N) is 1. The van der Waals surface area contributed by atoms with Crippen LogP contribution in [-0.2, 0) is 6.18 Å². The predicted molar refractivity (Wildman–Crippen MR) is 90.1 cm³/mol. The van der Waals surface area contributed by atoms with E-state index in [-0.39, 0.29) is 17.5 Å². The highest BCUT2D eigenvalue weighted by atomic mass is 19.4. The van der Waals surface area contributed by atoms with Gasteiger partial charge < -0.3 is 10.6 Å². The molecule has 2 N–H and O–H groups in total. The third kappa shape index (κ3) is 3.17. The molecule has 2 aliphatic rings. The van der Waals surface area contributed by atoms with Crippen molar-refractivity contribution in [3.05, 3.63) is 23.9 Å². The number of anilines is 2. The van der Waals surface area contributed by atoms with Gasteiger partial charge >= 0.3 is 6.18 Å². The number of rotatable bonds is 4. The maximum atomic E-state index is 12.9. The van der Waals surface area contributed by atoms with Crippen LogP contribution in [0.5, 0.6) is 0 Å². The number of nitrogen functional groups attached to an aromatic ring is 1. The fourth-order valence-corrected chi connectivity index (χ4v) is 3.25. The Kier molecular flexibility index (Phi) is 3.78. The monoisotopic (exact) mass is 364 g/mol. The summed E-state index contributed by atoms with van der Waals surface area (Å²) in [4.78, 5) is 18.5. The molecule has 2 aliphatic carbocycles. The molecule has 0 amide bonds. The van der Waals surface area contributed by atoms with Gasteiger partial charge in [-0.05, 0) is 36.8 Å². The minimum absolute atomic E-state index is 0.0178. The van der Waals surface area contributed by atoms with Crippen LogP contribution < -0.4 is 10.6 Å². The molecule has 138 valence electrons. The number of alkyl halides is 3. The zero-order chi connectivity index (χ0) is 18.6. The average Bonchev–Trinajstić information content (AvgIpc) is 3.47. The average molecular weight is 364 g/mol. The third-order valence-corrected chi connectivity index (χ3v) is 4.99. The topological polar surface area (TPSA) is 80.8 Å². The highest BCUT2D eigenvalue weighted by Crippen LogP contribution is 2.46. The lowest BCUT2D eigenvalue weighted by Gasteiger charge is -2.23. The van der Waals surface area contributed by atoms with Crippen LogP contribution in [-0.4, -0.2) is 32.0 Å². The molecule has 0 aliphatic heterocycles. The molecule has 4 unspecified atom stereocenters. The van der Waals surface area contributed by atoms with E-state index in [1.807, 2.05) is 0 Å². The number of aromatic nitrogens is 4. The van der Waals surface area contributed by atoms with E-state index in [0.717, 1.165) is 18.9 Å². The SMILES string of the molecule is CC1CC1N(c1nc(N)nc(-c2cccc(C(F)(F)F)n2)n1)C1CC1C. The van der Waals surface area contributed by atoms with Crippen molar-refractivity contribution in [1.29, 1.82) is 0 Å². The van der Waals surface area contributed by atoms with Crippen LogP contribution in [0.2, 0.25) is 0 Å². The first-order valence-electron chi connectivity index (χ1n) is 8.58. The van der Waals surface area contributed by atoms with Crippen LogP contribution in [0.3, 0.4) is 0 Å². The van der Waals surface area contributed by atoms with Crippen LogP contribution in [0, 0.1) is 11.8 Å². The van der Waals surface area contributed by atoms with Crippen molar-refractivity contribution in [3.8, 4) is 11.5 Å². The molecule has 0 saturated heterocycles. The second kappa shape index (κ2) is 5.78. The van der Waals surface area contributed by atoms with Gasteiger partial charge in [-0.15, -0.1) is 0 Å². The van der Waals surface area contributed by atoms with Gasteiger partial charge in [-0.1, -0.05) is 19.9 Å². The van der Waals surface area contributed by atoms with E-state index in [0.29, 0.717) is 29.9 Å². The summed E-state index contributed by atoms with van der Waals surface area (Å²) in [6.07, 6.45) is -2.44. The molecule has 4 rings (SSSR count). The van der Waals surface area contributed by atoms with Gasteiger partial charge in [-0.2, -0.15) is 28.1 Å². The third-order valence-electron chi connectivity index (χ3n) is 4.99. The van der Waals surface area contributed by atoms with Gasteiger partial charge in [-0.3, -0.25) is 0 Å². The summed E-state index contributed by atoms with van der Waals surface area (Å²) in [7, 11) is 0. The van der Waals surface area contributed by atoms with Crippen LogP contribution >= 0.6 is 0 Å². The summed E-state index contributed by atoms with van der Waals surface area (Å²) in [5.41, 5.74) is 4.87. The van der Waals surface area contributed by atoms with Gasteiger partial charge in [0, 0.05) is 12.1 Å². The maximum absolute atomic E-state index is 12.9. The van der Waals surface area contributed by atoms with Crippen LogP contribution in [0.25, 0.3) is 11.5 Å². The van der Waals surface area contributed by atoms with Gasteiger partial charge in [0.15, 0.2) is 5.82 Å². The summed E-state index contributed by atoms with van der Waals surface area (Å²) in [6, 6.07) is 4.33. The second-order valence-corrected chi connectivity index (χ2v) is 7.19. The van der Waals surface area contributed by atoms with Crippen molar-refractivity contribution in [2.24, 2.45) is 11.8 Å².